The third kappa shape index (κ3) is 3.49. The first kappa shape index (κ1) is 16.1. The second-order valence-corrected chi connectivity index (χ2v) is 5.67. The zero-order valence-electron chi connectivity index (χ0n) is 11.2. The van der Waals surface area contributed by atoms with Gasteiger partial charge in [-0.3, -0.25) is 4.79 Å². The normalized spacial score (nSPS) is 17.6. The number of amides is 1. The van der Waals surface area contributed by atoms with Crippen LogP contribution >= 0.6 is 15.9 Å². The van der Waals surface area contributed by atoms with Gasteiger partial charge in [0.05, 0.1) is 5.69 Å². The molecule has 4 nitrogen and oxygen atoms in total. The topological polar surface area (TPSA) is 52.6 Å². The fourth-order valence-electron chi connectivity index (χ4n) is 2.27. The molecule has 0 aliphatic carbocycles. The summed E-state index contributed by atoms with van der Waals surface area (Å²) in [6, 6.07) is 2.93. The summed E-state index contributed by atoms with van der Waals surface area (Å²) in [6.07, 6.45) is -5.06. The Bertz CT molecular complexity index is 563. The molecule has 0 saturated heterocycles. The van der Waals surface area contributed by atoms with Crippen molar-refractivity contribution in [3.8, 4) is 0 Å². The SMILES string of the molecule is CCCN(CC(F)(F)F)c1cc2c(cc1Br)C(O)C(=O)N2. The number of aliphatic hydroxyl groups excluding tert-OH is 1. The van der Waals surface area contributed by atoms with Gasteiger partial charge in [0.1, 0.15) is 6.54 Å². The van der Waals surface area contributed by atoms with E-state index in [-0.39, 0.29) is 6.54 Å². The Morgan fingerprint density at radius 3 is 2.67 bits per heavy atom. The van der Waals surface area contributed by atoms with E-state index in [0.717, 1.165) is 0 Å². The van der Waals surface area contributed by atoms with Gasteiger partial charge in [0.2, 0.25) is 0 Å². The quantitative estimate of drug-likeness (QED) is 0.860. The van der Waals surface area contributed by atoms with Gasteiger partial charge in [-0.05, 0) is 34.5 Å². The first-order valence-corrected chi connectivity index (χ1v) is 7.16. The van der Waals surface area contributed by atoms with Gasteiger partial charge in [-0.15, -0.1) is 0 Å². The maximum absolute atomic E-state index is 12.7. The van der Waals surface area contributed by atoms with E-state index in [0.29, 0.717) is 27.8 Å². The average Bonchev–Trinajstić information content (AvgIpc) is 2.63. The lowest BCUT2D eigenvalue weighted by atomic mass is 10.1. The number of anilines is 2. The van der Waals surface area contributed by atoms with Crippen LogP contribution < -0.4 is 10.2 Å². The van der Waals surface area contributed by atoms with Crippen LogP contribution in [0, 0.1) is 0 Å². The minimum absolute atomic E-state index is 0.230. The highest BCUT2D eigenvalue weighted by molar-refractivity contribution is 9.10. The Morgan fingerprint density at radius 1 is 1.43 bits per heavy atom. The molecule has 0 fully saturated rings. The highest BCUT2D eigenvalue weighted by Crippen LogP contribution is 2.39. The molecular formula is C13H14BrF3N2O2. The van der Waals surface area contributed by atoms with E-state index >= 15 is 0 Å². The Kier molecular flexibility index (Phi) is 4.48. The Labute approximate surface area is 128 Å². The van der Waals surface area contributed by atoms with Gasteiger partial charge in [0, 0.05) is 22.3 Å². The number of benzene rings is 1. The van der Waals surface area contributed by atoms with Gasteiger partial charge < -0.3 is 15.3 Å². The number of halogens is 4. The van der Waals surface area contributed by atoms with Crippen molar-refractivity contribution < 1.29 is 23.1 Å². The summed E-state index contributed by atoms with van der Waals surface area (Å²) in [5.74, 6) is -0.577. The average molecular weight is 367 g/mol. The molecular weight excluding hydrogens is 353 g/mol. The molecule has 8 heteroatoms. The van der Waals surface area contributed by atoms with Gasteiger partial charge >= 0.3 is 6.18 Å². The number of nitrogens with one attached hydrogen (secondary N) is 1. The van der Waals surface area contributed by atoms with Crippen molar-refractivity contribution in [2.75, 3.05) is 23.3 Å². The van der Waals surface area contributed by atoms with Crippen LogP contribution in [0.1, 0.15) is 25.0 Å². The number of rotatable bonds is 4. The predicted octanol–water partition coefficient (Wildman–Crippen LogP) is 3.21. The van der Waals surface area contributed by atoms with E-state index in [1.54, 1.807) is 6.92 Å². The summed E-state index contributed by atoms with van der Waals surface area (Å²) in [5, 5.41) is 12.1. The smallest absolute Gasteiger partial charge is 0.378 e. The molecule has 1 aromatic carbocycles. The van der Waals surface area contributed by atoms with Crippen molar-refractivity contribution in [3.63, 3.8) is 0 Å². The van der Waals surface area contributed by atoms with Gasteiger partial charge in [0.15, 0.2) is 6.10 Å². The minimum atomic E-state index is -4.32. The molecule has 0 radical (unpaired) electrons. The number of carbonyl (C=O) groups is 1. The van der Waals surface area contributed by atoms with E-state index < -0.39 is 24.7 Å². The molecule has 2 N–H and O–H groups in total. The maximum atomic E-state index is 12.7. The van der Waals surface area contributed by atoms with Crippen LogP contribution in [0.3, 0.4) is 0 Å². The van der Waals surface area contributed by atoms with E-state index in [4.69, 9.17) is 0 Å². The number of hydrogen-bond donors (Lipinski definition) is 2. The van der Waals surface area contributed by atoms with Crippen molar-refractivity contribution in [3.05, 3.63) is 22.2 Å². The van der Waals surface area contributed by atoms with Crippen LogP contribution in [0.5, 0.6) is 0 Å². The molecule has 0 aromatic heterocycles. The second-order valence-electron chi connectivity index (χ2n) is 4.82. The highest BCUT2D eigenvalue weighted by atomic mass is 79.9. The zero-order valence-corrected chi connectivity index (χ0v) is 12.8. The fourth-order valence-corrected chi connectivity index (χ4v) is 2.88. The summed E-state index contributed by atoms with van der Waals surface area (Å²) in [7, 11) is 0. The van der Waals surface area contributed by atoms with Crippen molar-refractivity contribution in [2.45, 2.75) is 25.6 Å². The first-order valence-electron chi connectivity index (χ1n) is 6.37. The standard InChI is InChI=1S/C13H14BrF3N2O2/c1-2-3-19(6-13(15,16)17)10-5-9-7(4-8(10)14)11(20)12(21)18-9/h4-5,11,20H,2-3,6H2,1H3,(H,18,21). The number of carbonyl (C=O) groups excluding carboxylic acids is 1. The van der Waals surface area contributed by atoms with E-state index in [2.05, 4.69) is 21.2 Å². The third-order valence-electron chi connectivity index (χ3n) is 3.12. The number of hydrogen-bond acceptors (Lipinski definition) is 3. The van der Waals surface area contributed by atoms with Crippen LogP contribution in [0.4, 0.5) is 24.5 Å². The summed E-state index contributed by atoms with van der Waals surface area (Å²) in [6.45, 7) is 0.943. The molecule has 1 aliphatic heterocycles. The molecule has 116 valence electrons. The van der Waals surface area contributed by atoms with E-state index in [9.17, 15) is 23.1 Å². The fraction of sp³-hybridized carbons (Fsp3) is 0.462. The largest absolute Gasteiger partial charge is 0.405 e. The first-order chi connectivity index (χ1) is 9.73. The molecule has 1 heterocycles. The highest BCUT2D eigenvalue weighted by Gasteiger charge is 2.34. The molecule has 21 heavy (non-hydrogen) atoms. The summed E-state index contributed by atoms with van der Waals surface area (Å²) in [4.78, 5) is 12.6. The van der Waals surface area contributed by atoms with Crippen molar-refractivity contribution in [1.82, 2.24) is 0 Å². The predicted molar refractivity (Wildman–Crippen MR) is 76.3 cm³/mol. The molecule has 1 unspecified atom stereocenters. The molecule has 0 saturated carbocycles. The van der Waals surface area contributed by atoms with Crippen LogP contribution in [-0.4, -0.2) is 30.3 Å². The Morgan fingerprint density at radius 2 is 2.10 bits per heavy atom. The molecule has 1 aliphatic rings. The second kappa shape index (κ2) is 5.84. The van der Waals surface area contributed by atoms with E-state index in [1.807, 2.05) is 0 Å². The van der Waals surface area contributed by atoms with Crippen LogP contribution in [0.25, 0.3) is 0 Å². The van der Waals surface area contributed by atoms with Crippen LogP contribution in [0.15, 0.2) is 16.6 Å². The monoisotopic (exact) mass is 366 g/mol. The number of fused-ring (bicyclic) bond motifs is 1. The van der Waals surface area contributed by atoms with Crippen LogP contribution in [0.2, 0.25) is 0 Å². The van der Waals surface area contributed by atoms with Gasteiger partial charge in [-0.1, -0.05) is 6.92 Å². The lowest BCUT2D eigenvalue weighted by molar-refractivity contribution is -0.123. The summed E-state index contributed by atoms with van der Waals surface area (Å²) in [5.41, 5.74) is 1.04. The third-order valence-corrected chi connectivity index (χ3v) is 3.76. The van der Waals surface area contributed by atoms with Crippen molar-refractivity contribution in [2.24, 2.45) is 0 Å². The van der Waals surface area contributed by atoms with Gasteiger partial charge in [-0.25, -0.2) is 0 Å². The Balaban J connectivity index is 2.38. The molecule has 1 atom stereocenters. The molecule has 1 aromatic rings. The van der Waals surface area contributed by atoms with Crippen molar-refractivity contribution >= 4 is 33.2 Å². The lowest BCUT2D eigenvalue weighted by Crippen LogP contribution is -2.35. The number of aliphatic hydroxyl groups is 1. The maximum Gasteiger partial charge on any atom is 0.405 e. The zero-order chi connectivity index (χ0) is 15.8. The van der Waals surface area contributed by atoms with Crippen LogP contribution in [-0.2, 0) is 4.79 Å². The summed E-state index contributed by atoms with van der Waals surface area (Å²) >= 11 is 3.22. The van der Waals surface area contributed by atoms with Crippen molar-refractivity contribution in [1.29, 1.82) is 0 Å². The molecule has 2 rings (SSSR count). The molecule has 0 bridgehead atoms. The van der Waals surface area contributed by atoms with E-state index in [1.165, 1.54) is 17.0 Å². The summed E-state index contributed by atoms with van der Waals surface area (Å²) < 4.78 is 38.4. The molecule has 0 spiro atoms. The lowest BCUT2D eigenvalue weighted by Gasteiger charge is -2.27. The number of nitrogens with zero attached hydrogens (tertiary/aromatic N) is 1. The minimum Gasteiger partial charge on any atom is -0.378 e. The van der Waals surface area contributed by atoms with Gasteiger partial charge in [0.25, 0.3) is 5.91 Å². The molecule has 1 amide bonds. The van der Waals surface area contributed by atoms with Gasteiger partial charge in [-0.2, -0.15) is 13.2 Å². The number of alkyl halides is 3. The Hall–Kier alpha value is -1.28.